The molecule has 2 N–H and O–H groups in total. The maximum Gasteiger partial charge on any atom is 0.573 e. The quantitative estimate of drug-likeness (QED) is 0.513. The van der Waals surface area contributed by atoms with Crippen molar-refractivity contribution in [3.63, 3.8) is 0 Å². The first-order valence-corrected chi connectivity index (χ1v) is 6.39. The highest BCUT2D eigenvalue weighted by molar-refractivity contribution is 6.05. The van der Waals surface area contributed by atoms with Gasteiger partial charge in [-0.15, -0.1) is 25.6 Å². The summed E-state index contributed by atoms with van der Waals surface area (Å²) in [5.41, 5.74) is 0.532. The highest BCUT2D eigenvalue weighted by atomic mass is 35.5. The van der Waals surface area contributed by atoms with Crippen LogP contribution in [-0.2, 0) is 0 Å². The van der Waals surface area contributed by atoms with Gasteiger partial charge < -0.3 is 9.47 Å². The number of methoxy groups -OCH3 is 1. The molecule has 0 atom stereocenters. The third-order valence-corrected chi connectivity index (χ3v) is 2.90. The molecule has 0 fully saturated rings. The van der Waals surface area contributed by atoms with Gasteiger partial charge in [0.05, 0.1) is 12.8 Å². The fraction of sp³-hybridized carbons (Fsp3) is 0.133. The molecule has 0 unspecified atom stereocenters. The number of nitrogens with two attached hydrogens (primary N) is 1. The van der Waals surface area contributed by atoms with Gasteiger partial charge in [0.1, 0.15) is 11.5 Å². The number of anilines is 1. The number of hydrogen-bond donors (Lipinski definition) is 1. The third kappa shape index (κ3) is 5.04. The van der Waals surface area contributed by atoms with Gasteiger partial charge in [-0.1, -0.05) is 0 Å². The normalized spacial score (nSPS) is 10.5. The van der Waals surface area contributed by atoms with Gasteiger partial charge in [-0.25, -0.2) is 10.9 Å². The van der Waals surface area contributed by atoms with Crippen molar-refractivity contribution in [2.24, 2.45) is 5.84 Å². The number of carbonyl (C=O) groups is 1. The van der Waals surface area contributed by atoms with Crippen molar-refractivity contribution >= 4 is 24.0 Å². The van der Waals surface area contributed by atoms with E-state index in [9.17, 15) is 18.0 Å². The molecule has 2 aromatic carbocycles. The van der Waals surface area contributed by atoms with E-state index in [-0.39, 0.29) is 18.0 Å². The molecule has 2 rings (SSSR count). The maximum absolute atomic E-state index is 12.2. The Labute approximate surface area is 142 Å². The van der Waals surface area contributed by atoms with Crippen LogP contribution in [0.5, 0.6) is 11.5 Å². The number of alkyl halides is 3. The molecule has 0 spiro atoms. The van der Waals surface area contributed by atoms with Gasteiger partial charge in [0.15, 0.2) is 0 Å². The number of ether oxygens (including phenoxy) is 2. The van der Waals surface area contributed by atoms with E-state index in [1.165, 1.54) is 19.2 Å². The van der Waals surface area contributed by atoms with Gasteiger partial charge in [0, 0.05) is 5.56 Å². The number of amides is 1. The first-order chi connectivity index (χ1) is 10.8. The van der Waals surface area contributed by atoms with E-state index in [1.54, 1.807) is 24.3 Å². The Balaban J connectivity index is 0.00000288. The van der Waals surface area contributed by atoms with E-state index in [4.69, 9.17) is 10.6 Å². The molecule has 1 amide bonds. The number of halogens is 4. The first kappa shape index (κ1) is 19.6. The average Bonchev–Trinajstić information content (AvgIpc) is 2.53. The van der Waals surface area contributed by atoms with E-state index < -0.39 is 18.0 Å². The zero-order valence-corrected chi connectivity index (χ0v) is 13.2. The van der Waals surface area contributed by atoms with Crippen LogP contribution in [0.1, 0.15) is 10.4 Å². The van der Waals surface area contributed by atoms with Crippen molar-refractivity contribution in [2.45, 2.75) is 6.36 Å². The minimum Gasteiger partial charge on any atom is -0.497 e. The molecule has 5 nitrogen and oxygen atoms in total. The summed E-state index contributed by atoms with van der Waals surface area (Å²) in [7, 11) is 1.50. The van der Waals surface area contributed by atoms with Crippen molar-refractivity contribution in [1.82, 2.24) is 0 Å². The van der Waals surface area contributed by atoms with Crippen molar-refractivity contribution < 1.29 is 27.4 Å². The lowest BCUT2D eigenvalue weighted by atomic mass is 10.2. The van der Waals surface area contributed by atoms with Gasteiger partial charge in [-0.2, -0.15) is 0 Å². The average molecular weight is 363 g/mol. The summed E-state index contributed by atoms with van der Waals surface area (Å²) < 4.78 is 45.0. The van der Waals surface area contributed by atoms with Gasteiger partial charge in [-0.3, -0.25) is 4.79 Å². The Morgan fingerprint density at radius 2 is 1.50 bits per heavy atom. The van der Waals surface area contributed by atoms with Crippen LogP contribution < -0.4 is 20.3 Å². The van der Waals surface area contributed by atoms with Crippen LogP contribution in [0.15, 0.2) is 48.5 Å². The summed E-state index contributed by atoms with van der Waals surface area (Å²) in [6.45, 7) is 0. The Bertz CT molecular complexity index is 676. The van der Waals surface area contributed by atoms with E-state index in [1.807, 2.05) is 0 Å². The number of benzene rings is 2. The van der Waals surface area contributed by atoms with Crippen LogP contribution in [0.25, 0.3) is 0 Å². The molecule has 0 aromatic heterocycles. The Morgan fingerprint density at radius 1 is 1.00 bits per heavy atom. The van der Waals surface area contributed by atoms with Crippen LogP contribution in [0.3, 0.4) is 0 Å². The van der Waals surface area contributed by atoms with Crippen molar-refractivity contribution in [2.75, 3.05) is 12.1 Å². The van der Waals surface area contributed by atoms with Gasteiger partial charge in [-0.05, 0) is 48.5 Å². The summed E-state index contributed by atoms with van der Waals surface area (Å²) in [5, 5.41) is 0.888. The predicted molar refractivity (Wildman–Crippen MR) is 84.4 cm³/mol. The van der Waals surface area contributed by atoms with Gasteiger partial charge >= 0.3 is 6.36 Å². The summed E-state index contributed by atoms with van der Waals surface area (Å²) >= 11 is 0. The predicted octanol–water partition coefficient (Wildman–Crippen LogP) is 3.54. The molecule has 0 bridgehead atoms. The molecule has 2 aromatic rings. The van der Waals surface area contributed by atoms with E-state index in [0.29, 0.717) is 11.4 Å². The molecule has 0 saturated carbocycles. The van der Waals surface area contributed by atoms with E-state index in [2.05, 4.69) is 4.74 Å². The lowest BCUT2D eigenvalue weighted by molar-refractivity contribution is -0.274. The monoisotopic (exact) mass is 362 g/mol. The molecule has 0 aliphatic heterocycles. The highest BCUT2D eigenvalue weighted by Crippen LogP contribution is 2.24. The van der Waals surface area contributed by atoms with E-state index >= 15 is 0 Å². The Morgan fingerprint density at radius 3 is 1.96 bits per heavy atom. The zero-order chi connectivity index (χ0) is 17.0. The Kier molecular flexibility index (Phi) is 6.44. The summed E-state index contributed by atoms with van der Waals surface area (Å²) in [6, 6.07) is 10.9. The summed E-state index contributed by atoms with van der Waals surface area (Å²) in [4.78, 5) is 12.2. The van der Waals surface area contributed by atoms with Crippen molar-refractivity contribution in [3.8, 4) is 11.5 Å². The second-order valence-corrected chi connectivity index (χ2v) is 4.45. The molecule has 24 heavy (non-hydrogen) atoms. The number of nitrogens with zero attached hydrogens (tertiary/aromatic N) is 1. The van der Waals surface area contributed by atoms with Crippen molar-refractivity contribution in [3.05, 3.63) is 54.1 Å². The third-order valence-electron chi connectivity index (χ3n) is 2.90. The standard InChI is InChI=1S/C15H13F3N2O3.ClH/c1-22-12-8-4-11(5-9-12)20(19)14(21)10-2-6-13(7-3-10)23-15(16,17)18;/h2-9H,19H2,1H3;1H. The molecule has 9 heteroatoms. The topological polar surface area (TPSA) is 64.8 Å². The fourth-order valence-electron chi connectivity index (χ4n) is 1.80. The van der Waals surface area contributed by atoms with Crippen LogP contribution in [0.2, 0.25) is 0 Å². The second-order valence-electron chi connectivity index (χ2n) is 4.45. The number of hydrogen-bond acceptors (Lipinski definition) is 4. The van der Waals surface area contributed by atoms with Crippen LogP contribution >= 0.6 is 12.4 Å². The number of carbonyl (C=O) groups excluding carboxylic acids is 1. The number of rotatable bonds is 4. The lowest BCUT2D eigenvalue weighted by Crippen LogP contribution is -2.37. The molecule has 0 aliphatic rings. The van der Waals surface area contributed by atoms with Crippen LogP contribution in [-0.4, -0.2) is 19.4 Å². The van der Waals surface area contributed by atoms with Gasteiger partial charge in [0.25, 0.3) is 5.91 Å². The first-order valence-electron chi connectivity index (χ1n) is 6.39. The molecule has 130 valence electrons. The molecule has 0 heterocycles. The van der Waals surface area contributed by atoms with Gasteiger partial charge in [0.2, 0.25) is 0 Å². The molecule has 0 saturated heterocycles. The highest BCUT2D eigenvalue weighted by Gasteiger charge is 2.31. The molecular weight excluding hydrogens is 349 g/mol. The largest absolute Gasteiger partial charge is 0.573 e. The maximum atomic E-state index is 12.2. The van der Waals surface area contributed by atoms with Crippen molar-refractivity contribution in [1.29, 1.82) is 0 Å². The lowest BCUT2D eigenvalue weighted by Gasteiger charge is -2.17. The molecular formula is C15H14ClF3N2O3. The Hall–Kier alpha value is -2.45. The molecule has 0 aliphatic carbocycles. The molecule has 0 radical (unpaired) electrons. The SMILES string of the molecule is COc1ccc(N(N)C(=O)c2ccc(OC(F)(F)F)cc2)cc1.Cl. The van der Waals surface area contributed by atoms with Crippen LogP contribution in [0.4, 0.5) is 18.9 Å². The van der Waals surface area contributed by atoms with Crippen LogP contribution in [0, 0.1) is 0 Å². The van der Waals surface area contributed by atoms with E-state index in [0.717, 1.165) is 17.1 Å². The summed E-state index contributed by atoms with van der Waals surface area (Å²) in [5.74, 6) is 5.34. The number of hydrazine groups is 1. The zero-order valence-electron chi connectivity index (χ0n) is 12.4. The minimum atomic E-state index is -4.78. The summed E-state index contributed by atoms with van der Waals surface area (Å²) in [6.07, 6.45) is -4.78. The minimum absolute atomic E-state index is 0. The second kappa shape index (κ2) is 7.89. The fourth-order valence-corrected chi connectivity index (χ4v) is 1.80. The smallest absolute Gasteiger partial charge is 0.497 e.